The fourth-order valence-electron chi connectivity index (χ4n) is 2.88. The van der Waals surface area contributed by atoms with E-state index in [0.717, 1.165) is 37.6 Å². The van der Waals surface area contributed by atoms with Crippen LogP contribution in [0.1, 0.15) is 51.9 Å². The lowest BCUT2D eigenvalue weighted by Gasteiger charge is -2.29. The maximum Gasteiger partial charge on any atom is 0.191 e. The third kappa shape index (κ3) is 5.70. The Labute approximate surface area is 123 Å². The third-order valence-electron chi connectivity index (χ3n) is 4.58. The second kappa shape index (κ2) is 8.50. The molecule has 2 saturated carbocycles. The number of nitrogens with one attached hydrogen (secondary N) is 2. The van der Waals surface area contributed by atoms with Gasteiger partial charge in [-0.05, 0) is 50.4 Å². The summed E-state index contributed by atoms with van der Waals surface area (Å²) in [6.45, 7) is 4.87. The number of hydrogen-bond acceptors (Lipinski definition) is 2. The lowest BCUT2D eigenvalue weighted by molar-refractivity contribution is 0.129. The standard InChI is InChI=1S/C16H31N3O/c1-3-13-6-8-15(9-7-13)19-16(17-2)18-10-11-20-12-14-4-5-14/h13-15H,3-12H2,1-2H3,(H2,17,18,19). The van der Waals surface area contributed by atoms with Gasteiger partial charge < -0.3 is 15.4 Å². The normalized spacial score (nSPS) is 27.4. The van der Waals surface area contributed by atoms with E-state index in [1.807, 2.05) is 7.05 Å². The highest BCUT2D eigenvalue weighted by atomic mass is 16.5. The van der Waals surface area contributed by atoms with Crippen molar-refractivity contribution in [1.29, 1.82) is 0 Å². The lowest BCUT2D eigenvalue weighted by Crippen LogP contribution is -2.45. The van der Waals surface area contributed by atoms with E-state index in [1.165, 1.54) is 44.9 Å². The van der Waals surface area contributed by atoms with E-state index in [-0.39, 0.29) is 0 Å². The first-order valence-electron chi connectivity index (χ1n) is 8.36. The monoisotopic (exact) mass is 281 g/mol. The Morgan fingerprint density at radius 3 is 2.40 bits per heavy atom. The zero-order valence-electron chi connectivity index (χ0n) is 13.2. The highest BCUT2D eigenvalue weighted by molar-refractivity contribution is 5.79. The van der Waals surface area contributed by atoms with Crippen LogP contribution in [0.2, 0.25) is 0 Å². The summed E-state index contributed by atoms with van der Waals surface area (Å²) in [6.07, 6.45) is 9.31. The molecule has 0 saturated heterocycles. The van der Waals surface area contributed by atoms with Crippen molar-refractivity contribution in [3.05, 3.63) is 0 Å². The maximum atomic E-state index is 5.63. The van der Waals surface area contributed by atoms with Crippen LogP contribution in [0.5, 0.6) is 0 Å². The van der Waals surface area contributed by atoms with Crippen LogP contribution in [-0.2, 0) is 4.74 Å². The van der Waals surface area contributed by atoms with Gasteiger partial charge in [0.1, 0.15) is 0 Å². The first-order chi connectivity index (χ1) is 9.81. The minimum atomic E-state index is 0.594. The van der Waals surface area contributed by atoms with Crippen LogP contribution in [0.3, 0.4) is 0 Å². The van der Waals surface area contributed by atoms with Crippen molar-refractivity contribution in [2.24, 2.45) is 16.8 Å². The zero-order valence-corrected chi connectivity index (χ0v) is 13.2. The number of guanidine groups is 1. The SMILES string of the molecule is CCC1CCC(NC(=NC)NCCOCC2CC2)CC1. The lowest BCUT2D eigenvalue weighted by atomic mass is 9.84. The van der Waals surface area contributed by atoms with Crippen LogP contribution in [0, 0.1) is 11.8 Å². The van der Waals surface area contributed by atoms with E-state index in [4.69, 9.17) is 4.74 Å². The van der Waals surface area contributed by atoms with Crippen molar-refractivity contribution < 1.29 is 4.74 Å². The molecule has 2 aliphatic carbocycles. The van der Waals surface area contributed by atoms with Gasteiger partial charge in [0.25, 0.3) is 0 Å². The van der Waals surface area contributed by atoms with Crippen molar-refractivity contribution in [3.63, 3.8) is 0 Å². The Morgan fingerprint density at radius 2 is 1.80 bits per heavy atom. The summed E-state index contributed by atoms with van der Waals surface area (Å²) in [4.78, 5) is 4.31. The third-order valence-corrected chi connectivity index (χ3v) is 4.58. The minimum absolute atomic E-state index is 0.594. The van der Waals surface area contributed by atoms with Gasteiger partial charge in [0.2, 0.25) is 0 Å². The van der Waals surface area contributed by atoms with E-state index < -0.39 is 0 Å². The van der Waals surface area contributed by atoms with Gasteiger partial charge in [-0.1, -0.05) is 13.3 Å². The summed E-state index contributed by atoms with van der Waals surface area (Å²) in [7, 11) is 1.85. The molecule has 4 heteroatoms. The summed E-state index contributed by atoms with van der Waals surface area (Å²) in [5, 5.41) is 6.90. The number of hydrogen-bond donors (Lipinski definition) is 2. The Bertz CT molecular complexity index is 294. The average molecular weight is 281 g/mol. The molecule has 2 aliphatic rings. The predicted molar refractivity (Wildman–Crippen MR) is 84.1 cm³/mol. The topological polar surface area (TPSA) is 45.7 Å². The summed E-state index contributed by atoms with van der Waals surface area (Å²) in [6, 6.07) is 0.594. The molecule has 0 spiro atoms. The molecule has 0 heterocycles. The molecule has 0 aliphatic heterocycles. The highest BCUT2D eigenvalue weighted by Gasteiger charge is 2.21. The molecule has 0 amide bonds. The van der Waals surface area contributed by atoms with Crippen LogP contribution in [-0.4, -0.2) is 38.8 Å². The second-order valence-electron chi connectivity index (χ2n) is 6.29. The van der Waals surface area contributed by atoms with E-state index in [9.17, 15) is 0 Å². The molecule has 4 nitrogen and oxygen atoms in total. The van der Waals surface area contributed by atoms with Gasteiger partial charge in [-0.25, -0.2) is 0 Å². The van der Waals surface area contributed by atoms with E-state index >= 15 is 0 Å². The molecule has 2 N–H and O–H groups in total. The minimum Gasteiger partial charge on any atom is -0.379 e. The highest BCUT2D eigenvalue weighted by Crippen LogP contribution is 2.28. The molecule has 0 radical (unpaired) electrons. The van der Waals surface area contributed by atoms with Crippen LogP contribution in [0.15, 0.2) is 4.99 Å². The van der Waals surface area contributed by atoms with Crippen molar-refractivity contribution in [2.45, 2.75) is 57.9 Å². The Kier molecular flexibility index (Phi) is 6.64. The number of aliphatic imine (C=N–C) groups is 1. The molecule has 2 rings (SSSR count). The van der Waals surface area contributed by atoms with E-state index in [0.29, 0.717) is 6.04 Å². The van der Waals surface area contributed by atoms with Crippen molar-refractivity contribution in [3.8, 4) is 0 Å². The van der Waals surface area contributed by atoms with Crippen LogP contribution < -0.4 is 10.6 Å². The summed E-state index contributed by atoms with van der Waals surface area (Å²) in [5.41, 5.74) is 0. The predicted octanol–water partition coefficient (Wildman–Crippen LogP) is 2.55. The van der Waals surface area contributed by atoms with Gasteiger partial charge in [0, 0.05) is 26.2 Å². The molecule has 20 heavy (non-hydrogen) atoms. The molecule has 116 valence electrons. The Hall–Kier alpha value is -0.770. The van der Waals surface area contributed by atoms with Crippen molar-refractivity contribution in [2.75, 3.05) is 26.8 Å². The van der Waals surface area contributed by atoms with Crippen molar-refractivity contribution >= 4 is 5.96 Å². The molecule has 0 unspecified atom stereocenters. The number of ether oxygens (including phenoxy) is 1. The van der Waals surface area contributed by atoms with Gasteiger partial charge in [-0.3, -0.25) is 4.99 Å². The Balaban J connectivity index is 1.55. The fraction of sp³-hybridized carbons (Fsp3) is 0.938. The maximum absolute atomic E-state index is 5.63. The van der Waals surface area contributed by atoms with Gasteiger partial charge in [0.05, 0.1) is 6.61 Å². The first kappa shape index (κ1) is 15.6. The summed E-state index contributed by atoms with van der Waals surface area (Å²) >= 11 is 0. The Morgan fingerprint density at radius 1 is 1.10 bits per heavy atom. The second-order valence-corrected chi connectivity index (χ2v) is 6.29. The number of nitrogens with zero attached hydrogens (tertiary/aromatic N) is 1. The quantitative estimate of drug-likeness (QED) is 0.428. The molecule has 2 fully saturated rings. The van der Waals surface area contributed by atoms with Crippen LogP contribution >= 0.6 is 0 Å². The summed E-state index contributed by atoms with van der Waals surface area (Å²) in [5.74, 6) is 2.72. The largest absolute Gasteiger partial charge is 0.379 e. The molecule has 0 atom stereocenters. The number of rotatable bonds is 7. The smallest absolute Gasteiger partial charge is 0.191 e. The molecular formula is C16H31N3O. The van der Waals surface area contributed by atoms with Gasteiger partial charge in [-0.2, -0.15) is 0 Å². The average Bonchev–Trinajstić information content (AvgIpc) is 3.30. The first-order valence-corrected chi connectivity index (χ1v) is 8.36. The van der Waals surface area contributed by atoms with Crippen LogP contribution in [0.4, 0.5) is 0 Å². The van der Waals surface area contributed by atoms with Gasteiger partial charge >= 0.3 is 0 Å². The van der Waals surface area contributed by atoms with E-state index in [1.54, 1.807) is 0 Å². The summed E-state index contributed by atoms with van der Waals surface area (Å²) < 4.78 is 5.63. The van der Waals surface area contributed by atoms with Gasteiger partial charge in [-0.15, -0.1) is 0 Å². The van der Waals surface area contributed by atoms with Gasteiger partial charge in [0.15, 0.2) is 5.96 Å². The molecule has 0 aromatic carbocycles. The molecule has 0 aromatic heterocycles. The van der Waals surface area contributed by atoms with Crippen LogP contribution in [0.25, 0.3) is 0 Å². The molecule has 0 bridgehead atoms. The zero-order chi connectivity index (χ0) is 14.2. The fourth-order valence-corrected chi connectivity index (χ4v) is 2.88. The van der Waals surface area contributed by atoms with E-state index in [2.05, 4.69) is 22.5 Å². The van der Waals surface area contributed by atoms with Crippen molar-refractivity contribution in [1.82, 2.24) is 10.6 Å². The molecule has 0 aromatic rings. The molecular weight excluding hydrogens is 250 g/mol.